The van der Waals surface area contributed by atoms with E-state index in [1.807, 2.05) is 24.3 Å². The molecule has 0 aliphatic heterocycles. The number of rotatable bonds is 5. The van der Waals surface area contributed by atoms with E-state index in [0.717, 1.165) is 26.5 Å². The van der Waals surface area contributed by atoms with Crippen LogP contribution in [0.5, 0.6) is 0 Å². The third-order valence-corrected chi connectivity index (χ3v) is 4.63. The van der Waals surface area contributed by atoms with Gasteiger partial charge < -0.3 is 10.4 Å². The van der Waals surface area contributed by atoms with Gasteiger partial charge in [0.15, 0.2) is 0 Å². The lowest BCUT2D eigenvalue weighted by atomic mass is 10.2. The maximum absolute atomic E-state index is 13.2. The first-order valence-electron chi connectivity index (χ1n) is 6.80. The lowest BCUT2D eigenvalue weighted by Crippen LogP contribution is -2.20. The molecule has 1 atom stereocenters. The van der Waals surface area contributed by atoms with Crippen LogP contribution in [0.4, 0.5) is 10.1 Å². The van der Waals surface area contributed by atoms with Crippen molar-refractivity contribution >= 4 is 38.8 Å². The minimum atomic E-state index is -0.569. The van der Waals surface area contributed by atoms with Crippen molar-refractivity contribution in [1.82, 2.24) is 4.98 Å². The lowest BCUT2D eigenvalue weighted by molar-refractivity contribution is 0.211. The van der Waals surface area contributed by atoms with Crippen LogP contribution in [0.2, 0.25) is 0 Å². The average molecular weight is 337 g/mol. The molecule has 3 nitrogen and oxygen atoms in total. The van der Waals surface area contributed by atoms with E-state index in [4.69, 9.17) is 11.6 Å². The van der Waals surface area contributed by atoms with Crippen LogP contribution >= 0.6 is 22.9 Å². The molecule has 0 saturated carbocycles. The number of thiazole rings is 1. The fourth-order valence-corrected chi connectivity index (χ4v) is 3.15. The molecule has 1 unspecified atom stereocenters. The molecule has 3 aromatic rings. The molecule has 0 fully saturated rings. The molecule has 22 heavy (non-hydrogen) atoms. The normalized spacial score (nSPS) is 12.5. The second-order valence-corrected chi connectivity index (χ2v) is 6.24. The van der Waals surface area contributed by atoms with Crippen molar-refractivity contribution in [1.29, 1.82) is 0 Å². The summed E-state index contributed by atoms with van der Waals surface area (Å²) in [5.41, 5.74) is 2.68. The molecule has 0 saturated heterocycles. The summed E-state index contributed by atoms with van der Waals surface area (Å²) in [7, 11) is 0. The number of aliphatic hydroxyl groups is 1. The highest BCUT2D eigenvalue weighted by molar-refractivity contribution is 7.21. The van der Waals surface area contributed by atoms with Crippen LogP contribution in [0, 0.1) is 5.82 Å². The second kappa shape index (κ2) is 6.60. The van der Waals surface area contributed by atoms with Gasteiger partial charge in [-0.3, -0.25) is 0 Å². The van der Waals surface area contributed by atoms with Crippen molar-refractivity contribution in [3.05, 3.63) is 48.3 Å². The third kappa shape index (κ3) is 3.38. The molecule has 0 radical (unpaired) electrons. The Morgan fingerprint density at radius 2 is 2.00 bits per heavy atom. The van der Waals surface area contributed by atoms with Gasteiger partial charge in [0.2, 0.25) is 0 Å². The van der Waals surface area contributed by atoms with Crippen LogP contribution in [0.3, 0.4) is 0 Å². The highest BCUT2D eigenvalue weighted by atomic mass is 35.5. The molecule has 2 aromatic carbocycles. The van der Waals surface area contributed by atoms with Crippen molar-refractivity contribution in [2.45, 2.75) is 6.10 Å². The Morgan fingerprint density at radius 1 is 1.23 bits per heavy atom. The van der Waals surface area contributed by atoms with Crippen molar-refractivity contribution in [2.24, 2.45) is 0 Å². The van der Waals surface area contributed by atoms with E-state index < -0.39 is 6.10 Å². The van der Waals surface area contributed by atoms with Gasteiger partial charge in [0.1, 0.15) is 10.8 Å². The second-order valence-electron chi connectivity index (χ2n) is 4.90. The number of aromatic nitrogens is 1. The van der Waals surface area contributed by atoms with Gasteiger partial charge in [-0.15, -0.1) is 22.9 Å². The largest absolute Gasteiger partial charge is 0.390 e. The maximum Gasteiger partial charge on any atom is 0.124 e. The Hall–Kier alpha value is -1.69. The third-order valence-electron chi connectivity index (χ3n) is 3.20. The molecule has 0 amide bonds. The van der Waals surface area contributed by atoms with E-state index in [1.165, 1.54) is 23.5 Å². The van der Waals surface area contributed by atoms with Crippen LogP contribution in [0.25, 0.3) is 20.8 Å². The smallest absolute Gasteiger partial charge is 0.124 e. The zero-order valence-electron chi connectivity index (χ0n) is 11.6. The molecule has 1 aromatic heterocycles. The Balaban J connectivity index is 1.79. The minimum absolute atomic E-state index is 0.202. The van der Waals surface area contributed by atoms with Crippen LogP contribution in [-0.2, 0) is 0 Å². The Morgan fingerprint density at radius 3 is 2.73 bits per heavy atom. The number of alkyl halides is 1. The van der Waals surface area contributed by atoms with Gasteiger partial charge >= 0.3 is 0 Å². The van der Waals surface area contributed by atoms with E-state index in [0.29, 0.717) is 6.54 Å². The maximum atomic E-state index is 13.2. The predicted molar refractivity (Wildman–Crippen MR) is 90.2 cm³/mol. The van der Waals surface area contributed by atoms with Crippen molar-refractivity contribution in [3.8, 4) is 10.6 Å². The lowest BCUT2D eigenvalue weighted by Gasteiger charge is -2.10. The van der Waals surface area contributed by atoms with Crippen molar-refractivity contribution < 1.29 is 9.50 Å². The number of benzene rings is 2. The fraction of sp³-hybridized carbons (Fsp3) is 0.188. The minimum Gasteiger partial charge on any atom is -0.390 e. The predicted octanol–water partition coefficient (Wildman–Crippen LogP) is 4.11. The molecule has 0 aliphatic carbocycles. The standard InChI is InChI=1S/C16H14ClFN2OS/c17-8-13(21)9-19-12-4-1-10(2-5-12)16-20-14-6-3-11(18)7-15(14)22-16/h1-7,13,19,21H,8-9H2. The summed E-state index contributed by atoms with van der Waals surface area (Å²) >= 11 is 7.01. The van der Waals surface area contributed by atoms with Gasteiger partial charge in [0, 0.05) is 17.8 Å². The van der Waals surface area contributed by atoms with Crippen LogP contribution < -0.4 is 5.32 Å². The summed E-state index contributed by atoms with van der Waals surface area (Å²) in [5.74, 6) is -0.0482. The highest BCUT2D eigenvalue weighted by Gasteiger charge is 2.07. The Kier molecular flexibility index (Phi) is 4.57. The first-order chi connectivity index (χ1) is 10.7. The van der Waals surface area contributed by atoms with E-state index in [1.54, 1.807) is 6.07 Å². The SMILES string of the molecule is OC(CCl)CNc1ccc(-c2nc3ccc(F)cc3s2)cc1. The summed E-state index contributed by atoms with van der Waals surface area (Å²) in [6.07, 6.45) is -0.569. The number of halogens is 2. The molecule has 6 heteroatoms. The van der Waals surface area contributed by atoms with E-state index in [-0.39, 0.29) is 11.7 Å². The zero-order chi connectivity index (χ0) is 15.5. The van der Waals surface area contributed by atoms with Crippen LogP contribution in [0.1, 0.15) is 0 Å². The van der Waals surface area contributed by atoms with Gasteiger partial charge in [-0.05, 0) is 42.5 Å². The van der Waals surface area contributed by atoms with Crippen LogP contribution in [-0.4, -0.2) is 28.6 Å². The molecular weight excluding hydrogens is 323 g/mol. The van der Waals surface area contributed by atoms with E-state index in [2.05, 4.69) is 10.3 Å². The van der Waals surface area contributed by atoms with Gasteiger partial charge in [-0.2, -0.15) is 0 Å². The molecule has 114 valence electrons. The summed E-state index contributed by atoms with van der Waals surface area (Å²) in [5, 5.41) is 13.4. The monoisotopic (exact) mass is 336 g/mol. The van der Waals surface area contributed by atoms with Gasteiger partial charge in [0.25, 0.3) is 0 Å². The number of fused-ring (bicyclic) bond motifs is 1. The number of nitrogens with one attached hydrogen (secondary N) is 1. The fourth-order valence-electron chi connectivity index (χ4n) is 2.04. The van der Waals surface area contributed by atoms with Crippen LogP contribution in [0.15, 0.2) is 42.5 Å². The number of hydrogen-bond donors (Lipinski definition) is 2. The first-order valence-corrected chi connectivity index (χ1v) is 8.15. The summed E-state index contributed by atoms with van der Waals surface area (Å²) < 4.78 is 14.1. The number of hydrogen-bond acceptors (Lipinski definition) is 4. The molecule has 0 bridgehead atoms. The van der Waals surface area contributed by atoms with E-state index in [9.17, 15) is 9.50 Å². The molecule has 2 N–H and O–H groups in total. The topological polar surface area (TPSA) is 45.1 Å². The molecule has 3 rings (SSSR count). The van der Waals surface area contributed by atoms with Gasteiger partial charge in [-0.1, -0.05) is 0 Å². The quantitative estimate of drug-likeness (QED) is 0.689. The van der Waals surface area contributed by atoms with Gasteiger partial charge in [0.05, 0.1) is 22.2 Å². The summed E-state index contributed by atoms with van der Waals surface area (Å²) in [6, 6.07) is 12.3. The molecule has 1 heterocycles. The molecular formula is C16H14ClFN2OS. The van der Waals surface area contributed by atoms with Crippen molar-refractivity contribution in [2.75, 3.05) is 17.7 Å². The number of aliphatic hydroxyl groups excluding tert-OH is 1. The average Bonchev–Trinajstić information content (AvgIpc) is 2.96. The van der Waals surface area contributed by atoms with Gasteiger partial charge in [-0.25, -0.2) is 9.37 Å². The summed E-state index contributed by atoms with van der Waals surface area (Å²) in [6.45, 7) is 0.406. The Bertz CT molecular complexity index is 775. The zero-order valence-corrected chi connectivity index (χ0v) is 13.2. The number of nitrogens with zero attached hydrogens (tertiary/aromatic N) is 1. The number of anilines is 1. The van der Waals surface area contributed by atoms with Crippen molar-refractivity contribution in [3.63, 3.8) is 0 Å². The highest BCUT2D eigenvalue weighted by Crippen LogP contribution is 2.31. The summed E-state index contributed by atoms with van der Waals surface area (Å²) in [4.78, 5) is 4.52. The van der Waals surface area contributed by atoms with E-state index >= 15 is 0 Å². The first kappa shape index (κ1) is 15.2. The molecule has 0 spiro atoms. The Labute approximate surface area is 136 Å². The molecule has 0 aliphatic rings.